The van der Waals surface area contributed by atoms with Crippen molar-refractivity contribution in [2.24, 2.45) is 10.1 Å². The van der Waals surface area contributed by atoms with Crippen LogP contribution in [0.25, 0.3) is 0 Å². The number of amides is 1. The first-order valence-electron chi connectivity index (χ1n) is 13.1. The van der Waals surface area contributed by atoms with E-state index in [0.29, 0.717) is 45.3 Å². The number of ether oxygens (including phenoxy) is 1. The molecule has 2 aliphatic heterocycles. The molecule has 0 aromatic heterocycles. The van der Waals surface area contributed by atoms with Gasteiger partial charge in [0.05, 0.1) is 17.5 Å². The average Bonchev–Trinajstić information content (AvgIpc) is 3.20. The number of aliphatic imine (C=N–C) groups is 1. The minimum absolute atomic E-state index is 0.165. The average molecular weight is 548 g/mol. The van der Waals surface area contributed by atoms with E-state index < -0.39 is 11.5 Å². The highest BCUT2D eigenvalue weighted by molar-refractivity contribution is 6.17. The molecule has 0 fully saturated rings. The minimum atomic E-state index is -1.13. The van der Waals surface area contributed by atoms with Crippen molar-refractivity contribution in [1.29, 1.82) is 0 Å². The first kappa shape index (κ1) is 27.1. The molecule has 4 aromatic rings. The van der Waals surface area contributed by atoms with Gasteiger partial charge in [-0.05, 0) is 42.5 Å². The summed E-state index contributed by atoms with van der Waals surface area (Å²) in [5.41, 5.74) is 15.5. The highest BCUT2D eigenvalue weighted by Gasteiger charge is 2.57. The molecular formula is C32H29N5O4. The van der Waals surface area contributed by atoms with Crippen LogP contribution in [-0.2, 0) is 5.54 Å². The third-order valence-corrected chi connectivity index (χ3v) is 6.65. The number of aromatic carboxylic acids is 1. The number of fused-ring (bicyclic) bond motifs is 6. The normalized spacial score (nSPS) is 14.3. The molecule has 6 rings (SSSR count). The number of nitrogens with zero attached hydrogens (tertiary/aromatic N) is 3. The lowest BCUT2D eigenvalue weighted by molar-refractivity contribution is 0.0672. The molecule has 0 radical (unpaired) electrons. The van der Waals surface area contributed by atoms with E-state index in [1.807, 2.05) is 30.3 Å². The second kappa shape index (κ2) is 11.0. The van der Waals surface area contributed by atoms with Crippen LogP contribution in [-0.4, -0.2) is 34.4 Å². The Balaban J connectivity index is 0.00000108. The van der Waals surface area contributed by atoms with Crippen molar-refractivity contribution in [2.45, 2.75) is 25.8 Å². The Kier molecular flexibility index (Phi) is 7.26. The van der Waals surface area contributed by atoms with Gasteiger partial charge in [0, 0.05) is 52.0 Å². The Bertz CT molecular complexity index is 1640. The van der Waals surface area contributed by atoms with Crippen molar-refractivity contribution in [1.82, 2.24) is 5.01 Å². The summed E-state index contributed by atoms with van der Waals surface area (Å²) in [4.78, 5) is 29.2. The number of carbonyl (C=O) groups is 2. The summed E-state index contributed by atoms with van der Waals surface area (Å²) in [6, 6.07) is 24.2. The number of hydrazone groups is 1. The van der Waals surface area contributed by atoms with E-state index in [9.17, 15) is 9.59 Å². The number of hydrogen-bond donors (Lipinski definition) is 3. The maximum Gasteiger partial charge on any atom is 0.335 e. The molecule has 4 aromatic carbocycles. The van der Waals surface area contributed by atoms with Crippen LogP contribution < -0.4 is 16.2 Å². The quantitative estimate of drug-likeness (QED) is 0.205. The Morgan fingerprint density at radius 3 is 2.05 bits per heavy atom. The van der Waals surface area contributed by atoms with Crippen LogP contribution in [0.4, 0.5) is 17.1 Å². The zero-order valence-corrected chi connectivity index (χ0v) is 22.6. The molecule has 0 atom stereocenters. The predicted molar refractivity (Wildman–Crippen MR) is 160 cm³/mol. The first-order chi connectivity index (χ1) is 19.8. The molecule has 9 heteroatoms. The predicted octanol–water partition coefficient (Wildman–Crippen LogP) is 6.21. The van der Waals surface area contributed by atoms with E-state index in [2.05, 4.69) is 23.9 Å². The number of carboxylic acid groups (broad SMARTS) is 1. The molecule has 1 amide bonds. The van der Waals surface area contributed by atoms with Crippen molar-refractivity contribution in [3.8, 4) is 11.5 Å². The number of anilines is 2. The smallest absolute Gasteiger partial charge is 0.335 e. The summed E-state index contributed by atoms with van der Waals surface area (Å²) in [5, 5.41) is 15.1. The third kappa shape index (κ3) is 4.67. The van der Waals surface area contributed by atoms with Gasteiger partial charge in [0.25, 0.3) is 5.91 Å². The van der Waals surface area contributed by atoms with Gasteiger partial charge in [-0.1, -0.05) is 50.6 Å². The summed E-state index contributed by atoms with van der Waals surface area (Å²) in [5.74, 6) is -0.302. The van der Waals surface area contributed by atoms with E-state index in [1.54, 1.807) is 42.5 Å². The fourth-order valence-electron chi connectivity index (χ4n) is 5.04. The van der Waals surface area contributed by atoms with Gasteiger partial charge in [0.2, 0.25) is 0 Å². The summed E-state index contributed by atoms with van der Waals surface area (Å²) >= 11 is 0. The van der Waals surface area contributed by atoms with Gasteiger partial charge in [0.15, 0.2) is 0 Å². The monoisotopic (exact) mass is 547 g/mol. The topological polar surface area (TPSA) is 144 Å². The number of carboxylic acids is 1. The van der Waals surface area contributed by atoms with Gasteiger partial charge in [-0.25, -0.2) is 9.80 Å². The fourth-order valence-corrected chi connectivity index (χ4v) is 5.04. The number of carbonyl (C=O) groups excluding carboxylic acids is 1. The van der Waals surface area contributed by atoms with Gasteiger partial charge >= 0.3 is 5.97 Å². The molecule has 5 N–H and O–H groups in total. The molecule has 1 spiro atoms. The standard InChI is InChI=1S/C29H21N5O4.C3H8/c30-18-7-11-23-25(15-18)38-26-16-19(31)8-12-24(26)29(23)22-4-2-1-3-21(22)27(35)34(29)33-14-13-32-20-9-5-17(6-10-20)28(36)37;1-3-2/h1-16H,30-31H2,(H,36,37);3H2,1-2H3/b32-13?,33-14+;. The highest BCUT2D eigenvalue weighted by atomic mass is 16.5. The van der Waals surface area contributed by atoms with Crippen molar-refractivity contribution in [2.75, 3.05) is 11.5 Å². The number of hydrogen-bond acceptors (Lipinski definition) is 7. The molecular weight excluding hydrogens is 518 g/mol. The van der Waals surface area contributed by atoms with Crippen LogP contribution in [0.15, 0.2) is 95.0 Å². The third-order valence-electron chi connectivity index (χ3n) is 6.65. The Hall–Kier alpha value is -5.44. The van der Waals surface area contributed by atoms with Crippen LogP contribution in [0.5, 0.6) is 11.5 Å². The molecule has 0 saturated heterocycles. The lowest BCUT2D eigenvalue weighted by atomic mass is 9.75. The lowest BCUT2D eigenvalue weighted by Crippen LogP contribution is -2.44. The Labute approximate surface area is 237 Å². The highest BCUT2D eigenvalue weighted by Crippen LogP contribution is 2.57. The van der Waals surface area contributed by atoms with Crippen molar-refractivity contribution >= 4 is 41.4 Å². The summed E-state index contributed by atoms with van der Waals surface area (Å²) in [7, 11) is 0. The van der Waals surface area contributed by atoms with E-state index >= 15 is 0 Å². The molecule has 0 bridgehead atoms. The number of nitrogens with two attached hydrogens (primary N) is 2. The number of nitrogen functional groups attached to an aromatic ring is 2. The molecule has 9 nitrogen and oxygen atoms in total. The number of rotatable bonds is 4. The molecule has 0 aliphatic carbocycles. The van der Waals surface area contributed by atoms with E-state index in [-0.39, 0.29) is 11.5 Å². The molecule has 41 heavy (non-hydrogen) atoms. The second-order valence-corrected chi connectivity index (χ2v) is 9.59. The van der Waals surface area contributed by atoms with Crippen LogP contribution in [0, 0.1) is 0 Å². The fraction of sp³-hybridized carbons (Fsp3) is 0.125. The molecule has 0 unspecified atom stereocenters. The van der Waals surface area contributed by atoms with Gasteiger partial charge in [-0.3, -0.25) is 9.79 Å². The first-order valence-corrected chi connectivity index (χ1v) is 13.1. The maximum absolute atomic E-state index is 13.8. The molecule has 2 heterocycles. The SMILES string of the molecule is CCC.Nc1ccc2c(c1)Oc1cc(N)ccc1C21c2ccccc2C(=O)N1/N=C/C=Nc1ccc(C(=O)O)cc1. The van der Waals surface area contributed by atoms with Crippen LogP contribution in [0.1, 0.15) is 57.7 Å². The molecule has 2 aliphatic rings. The van der Waals surface area contributed by atoms with E-state index in [0.717, 1.165) is 5.56 Å². The zero-order chi connectivity index (χ0) is 29.1. The lowest BCUT2D eigenvalue weighted by Gasteiger charge is -2.41. The Morgan fingerprint density at radius 2 is 1.46 bits per heavy atom. The van der Waals surface area contributed by atoms with Crippen LogP contribution in [0.3, 0.4) is 0 Å². The largest absolute Gasteiger partial charge is 0.478 e. The summed E-state index contributed by atoms with van der Waals surface area (Å²) in [6.45, 7) is 4.25. The molecule has 206 valence electrons. The zero-order valence-electron chi connectivity index (χ0n) is 22.6. The Morgan fingerprint density at radius 1 is 0.878 bits per heavy atom. The van der Waals surface area contributed by atoms with Crippen LogP contribution >= 0.6 is 0 Å². The maximum atomic E-state index is 13.8. The van der Waals surface area contributed by atoms with Gasteiger partial charge in [-0.15, -0.1) is 0 Å². The minimum Gasteiger partial charge on any atom is -0.478 e. The van der Waals surface area contributed by atoms with Crippen LogP contribution in [0.2, 0.25) is 0 Å². The number of benzene rings is 4. The van der Waals surface area contributed by atoms with Crippen molar-refractivity contribution in [3.63, 3.8) is 0 Å². The van der Waals surface area contributed by atoms with Crippen molar-refractivity contribution < 1.29 is 19.4 Å². The van der Waals surface area contributed by atoms with Crippen molar-refractivity contribution in [3.05, 3.63) is 113 Å². The summed E-state index contributed by atoms with van der Waals surface area (Å²) < 4.78 is 6.22. The van der Waals surface area contributed by atoms with Gasteiger partial charge in [0.1, 0.15) is 17.0 Å². The second-order valence-electron chi connectivity index (χ2n) is 9.59. The van der Waals surface area contributed by atoms with Gasteiger partial charge < -0.3 is 21.3 Å². The molecule has 0 saturated carbocycles. The van der Waals surface area contributed by atoms with E-state index in [4.69, 9.17) is 21.3 Å². The summed E-state index contributed by atoms with van der Waals surface area (Å²) in [6.07, 6.45) is 4.13. The van der Waals surface area contributed by atoms with E-state index in [1.165, 1.54) is 36.0 Å². The van der Waals surface area contributed by atoms with Gasteiger partial charge in [-0.2, -0.15) is 5.10 Å².